The van der Waals surface area contributed by atoms with E-state index >= 15 is 0 Å². The van der Waals surface area contributed by atoms with E-state index < -0.39 is 9.84 Å². The number of carbonyl (C=O) groups excluding carboxylic acids is 1. The van der Waals surface area contributed by atoms with E-state index in [0.29, 0.717) is 29.4 Å². The van der Waals surface area contributed by atoms with Gasteiger partial charge in [-0.05, 0) is 54.9 Å². The summed E-state index contributed by atoms with van der Waals surface area (Å²) in [6, 6.07) is 5.10. The molecule has 0 aliphatic carbocycles. The summed E-state index contributed by atoms with van der Waals surface area (Å²) in [6.45, 7) is 1.34. The molecule has 3 heterocycles. The first kappa shape index (κ1) is 23.2. The van der Waals surface area contributed by atoms with Gasteiger partial charge in [0.15, 0.2) is 14.6 Å². The summed E-state index contributed by atoms with van der Waals surface area (Å²) in [4.78, 5) is 18.8. The Labute approximate surface area is 197 Å². The molecule has 1 aromatic carbocycles. The van der Waals surface area contributed by atoms with Crippen molar-refractivity contribution >= 4 is 49.8 Å². The molecular weight excluding hydrogens is 470 g/mol. The van der Waals surface area contributed by atoms with E-state index in [9.17, 15) is 13.2 Å². The summed E-state index contributed by atoms with van der Waals surface area (Å²) in [6.07, 6.45) is 6.52. The number of thiazole rings is 1. The van der Waals surface area contributed by atoms with Crippen molar-refractivity contribution in [3.8, 4) is 5.75 Å². The van der Waals surface area contributed by atoms with Crippen LogP contribution in [0.5, 0.6) is 5.75 Å². The molecule has 0 spiro atoms. The number of hydrogen-bond donors (Lipinski definition) is 0. The number of rotatable bonds is 5. The van der Waals surface area contributed by atoms with Crippen LogP contribution in [0.15, 0.2) is 34.3 Å². The molecule has 2 aliphatic rings. The second-order valence-corrected chi connectivity index (χ2v) is 11.8. The Morgan fingerprint density at radius 2 is 2.03 bits per heavy atom. The lowest BCUT2D eigenvalue weighted by Gasteiger charge is -2.37. The molecule has 1 amide bonds. The minimum absolute atomic E-state index is 0.0344. The highest BCUT2D eigenvalue weighted by molar-refractivity contribution is 7.95. The van der Waals surface area contributed by atoms with E-state index in [1.807, 2.05) is 17.8 Å². The average molecular weight is 497 g/mol. The van der Waals surface area contributed by atoms with Gasteiger partial charge < -0.3 is 9.30 Å². The second-order valence-electron chi connectivity index (χ2n) is 8.21. The molecule has 10 heteroatoms. The van der Waals surface area contributed by atoms with Gasteiger partial charge in [0.25, 0.3) is 0 Å². The highest BCUT2D eigenvalue weighted by atomic mass is 35.5. The maximum Gasteiger partial charge on any atom is 0.320 e. The third kappa shape index (κ3) is 4.44. The highest BCUT2D eigenvalue weighted by Crippen LogP contribution is 2.34. The standard InChI is InChI=1S/C22H27ClN3O4S2/c1-24-22-25(2)14-21(31-22)26(9-4-3-5-10-26)20(27)8-11-32(28,29)18-12-16-6-7-17(23)13-19(16)30-15-18/h6-7,12-14H,3-5,8-11,15H2,1-2H3/q+1/b24-22-. The summed E-state index contributed by atoms with van der Waals surface area (Å²) in [5.41, 5.74) is 0.673. The number of piperidine rings is 1. The normalized spacial score (nSPS) is 18.6. The van der Waals surface area contributed by atoms with Gasteiger partial charge in [0, 0.05) is 24.7 Å². The number of sulfone groups is 1. The smallest absolute Gasteiger partial charge is 0.320 e. The first-order valence-electron chi connectivity index (χ1n) is 10.6. The number of benzene rings is 1. The SMILES string of the molecule is C/N=c1\sc([N+]2(C(=O)CCS(=O)(=O)C3=Cc4ccc(Cl)cc4OC3)CCCCC2)cn1C. The molecule has 2 aromatic rings. The largest absolute Gasteiger partial charge is 0.487 e. The Morgan fingerprint density at radius 3 is 2.72 bits per heavy atom. The van der Waals surface area contributed by atoms with Gasteiger partial charge in [0.05, 0.1) is 36.4 Å². The second kappa shape index (κ2) is 9.13. The Morgan fingerprint density at radius 1 is 1.28 bits per heavy atom. The molecule has 0 radical (unpaired) electrons. The fourth-order valence-electron chi connectivity index (χ4n) is 4.32. The zero-order valence-electron chi connectivity index (χ0n) is 18.2. The summed E-state index contributed by atoms with van der Waals surface area (Å²) < 4.78 is 33.8. The molecule has 0 saturated carbocycles. The third-order valence-corrected chi connectivity index (χ3v) is 9.45. The quantitative estimate of drug-likeness (QED) is 0.593. The van der Waals surface area contributed by atoms with Crippen molar-refractivity contribution in [2.75, 3.05) is 32.5 Å². The van der Waals surface area contributed by atoms with Gasteiger partial charge in [0.1, 0.15) is 12.4 Å². The molecule has 0 N–H and O–H groups in total. The van der Waals surface area contributed by atoms with Crippen LogP contribution in [-0.4, -0.2) is 51.4 Å². The van der Waals surface area contributed by atoms with Crippen LogP contribution in [0.4, 0.5) is 5.00 Å². The number of aromatic nitrogens is 1. The first-order chi connectivity index (χ1) is 15.2. The number of aryl methyl sites for hydroxylation is 1. The summed E-state index contributed by atoms with van der Waals surface area (Å²) >= 11 is 7.48. The van der Waals surface area contributed by atoms with Crippen LogP contribution in [0.25, 0.3) is 6.08 Å². The maximum atomic E-state index is 13.5. The Balaban J connectivity index is 1.56. The van der Waals surface area contributed by atoms with Crippen molar-refractivity contribution in [1.82, 2.24) is 9.05 Å². The lowest BCUT2D eigenvalue weighted by atomic mass is 10.1. The van der Waals surface area contributed by atoms with E-state index in [0.717, 1.165) is 29.1 Å². The van der Waals surface area contributed by atoms with Gasteiger partial charge in [-0.1, -0.05) is 11.6 Å². The Kier molecular flexibility index (Phi) is 6.63. The van der Waals surface area contributed by atoms with Gasteiger partial charge in [-0.3, -0.25) is 4.99 Å². The number of quaternary nitrogens is 1. The molecule has 32 heavy (non-hydrogen) atoms. The number of nitrogens with zero attached hydrogens (tertiary/aromatic N) is 3. The zero-order chi connectivity index (χ0) is 22.9. The highest BCUT2D eigenvalue weighted by Gasteiger charge is 2.42. The van der Waals surface area contributed by atoms with Crippen LogP contribution in [-0.2, 0) is 21.7 Å². The Hall–Kier alpha value is -1.94. The summed E-state index contributed by atoms with van der Waals surface area (Å²) in [5.74, 6) is 0.280. The predicted octanol–water partition coefficient (Wildman–Crippen LogP) is 3.53. The maximum absolute atomic E-state index is 13.5. The summed E-state index contributed by atoms with van der Waals surface area (Å²) in [7, 11) is 0.0132. The van der Waals surface area contributed by atoms with E-state index in [1.54, 1.807) is 31.3 Å². The van der Waals surface area contributed by atoms with Gasteiger partial charge in [-0.15, -0.1) is 0 Å². The number of hydrogen-bond acceptors (Lipinski definition) is 6. The van der Waals surface area contributed by atoms with Crippen molar-refractivity contribution in [2.24, 2.45) is 12.0 Å². The number of halogens is 1. The van der Waals surface area contributed by atoms with Crippen LogP contribution in [0.2, 0.25) is 5.02 Å². The van der Waals surface area contributed by atoms with Gasteiger partial charge in [0.2, 0.25) is 5.00 Å². The fourth-order valence-corrected chi connectivity index (χ4v) is 6.88. The van der Waals surface area contributed by atoms with E-state index in [2.05, 4.69) is 4.99 Å². The van der Waals surface area contributed by atoms with Crippen LogP contribution in [0.1, 0.15) is 31.2 Å². The average Bonchev–Trinajstić information content (AvgIpc) is 3.18. The van der Waals surface area contributed by atoms with Gasteiger partial charge in [-0.2, -0.15) is 0 Å². The number of likely N-dealkylation sites (tertiary alicyclic amines) is 1. The number of fused-ring (bicyclic) bond motifs is 1. The van der Waals surface area contributed by atoms with E-state index in [4.69, 9.17) is 16.3 Å². The minimum Gasteiger partial charge on any atom is -0.487 e. The fraction of sp³-hybridized carbons (Fsp3) is 0.455. The molecule has 2 aliphatic heterocycles. The van der Waals surface area contributed by atoms with Gasteiger partial charge in [-0.25, -0.2) is 17.7 Å². The Bertz CT molecular complexity index is 1240. The molecule has 0 unspecified atom stereocenters. The number of carbonyl (C=O) groups is 1. The molecule has 172 valence electrons. The number of amides is 1. The van der Waals surface area contributed by atoms with Crippen LogP contribution >= 0.6 is 22.9 Å². The molecule has 1 fully saturated rings. The van der Waals surface area contributed by atoms with Crippen LogP contribution < -0.4 is 14.0 Å². The van der Waals surface area contributed by atoms with Crippen molar-refractivity contribution in [3.05, 3.63) is 44.7 Å². The lowest BCUT2D eigenvalue weighted by molar-refractivity contribution is -0.130. The molecule has 1 aromatic heterocycles. The lowest BCUT2D eigenvalue weighted by Crippen LogP contribution is -2.57. The van der Waals surface area contributed by atoms with Crippen LogP contribution in [0.3, 0.4) is 0 Å². The van der Waals surface area contributed by atoms with Crippen molar-refractivity contribution in [1.29, 1.82) is 0 Å². The van der Waals surface area contributed by atoms with Crippen LogP contribution in [0, 0.1) is 0 Å². The predicted molar refractivity (Wildman–Crippen MR) is 128 cm³/mol. The molecule has 1 saturated heterocycles. The van der Waals surface area contributed by atoms with Gasteiger partial charge >= 0.3 is 5.91 Å². The third-order valence-electron chi connectivity index (χ3n) is 6.12. The molecular formula is C22H27ClN3O4S2+. The van der Waals surface area contributed by atoms with E-state index in [1.165, 1.54) is 11.3 Å². The minimum atomic E-state index is -3.63. The molecule has 7 nitrogen and oxygen atoms in total. The number of ether oxygens (including phenoxy) is 1. The first-order valence-corrected chi connectivity index (χ1v) is 13.5. The summed E-state index contributed by atoms with van der Waals surface area (Å²) in [5, 5.41) is 1.46. The molecule has 4 rings (SSSR count). The van der Waals surface area contributed by atoms with Crippen molar-refractivity contribution in [3.63, 3.8) is 0 Å². The van der Waals surface area contributed by atoms with Crippen molar-refractivity contribution in [2.45, 2.75) is 25.7 Å². The monoisotopic (exact) mass is 496 g/mol. The topological polar surface area (TPSA) is 77.7 Å². The zero-order valence-corrected chi connectivity index (χ0v) is 20.6. The van der Waals surface area contributed by atoms with E-state index in [-0.39, 0.29) is 34.1 Å². The molecule has 0 atom stereocenters. The molecule has 0 bridgehead atoms. The van der Waals surface area contributed by atoms with Crippen molar-refractivity contribution < 1.29 is 17.9 Å².